The first-order valence-corrected chi connectivity index (χ1v) is 6.94. The second-order valence-corrected chi connectivity index (χ2v) is 6.03. The van der Waals surface area contributed by atoms with Gasteiger partial charge in [-0.3, -0.25) is 4.79 Å². The summed E-state index contributed by atoms with van der Waals surface area (Å²) < 4.78 is 0. The van der Waals surface area contributed by atoms with Gasteiger partial charge in [0.05, 0.1) is 0 Å². The Hall–Kier alpha value is -0.570. The zero-order valence-electron chi connectivity index (χ0n) is 11.7. The van der Waals surface area contributed by atoms with E-state index in [1.165, 1.54) is 38.5 Å². The van der Waals surface area contributed by atoms with Gasteiger partial charge < -0.3 is 10.6 Å². The summed E-state index contributed by atoms with van der Waals surface area (Å²) in [6.45, 7) is 4.57. The van der Waals surface area contributed by atoms with Crippen LogP contribution in [-0.2, 0) is 4.79 Å². The van der Waals surface area contributed by atoms with Gasteiger partial charge in [0, 0.05) is 25.6 Å². The van der Waals surface area contributed by atoms with E-state index in [1.807, 2.05) is 25.8 Å². The number of nitrogens with zero attached hydrogens (tertiary/aromatic N) is 1. The van der Waals surface area contributed by atoms with Crippen molar-refractivity contribution in [3.63, 3.8) is 0 Å². The van der Waals surface area contributed by atoms with Gasteiger partial charge in [-0.1, -0.05) is 25.7 Å². The van der Waals surface area contributed by atoms with Gasteiger partial charge in [-0.25, -0.2) is 0 Å². The monoisotopic (exact) mass is 240 g/mol. The molecule has 0 aliphatic heterocycles. The Labute approximate surface area is 106 Å². The van der Waals surface area contributed by atoms with Gasteiger partial charge >= 0.3 is 0 Å². The third-order valence-electron chi connectivity index (χ3n) is 4.22. The molecule has 1 aliphatic rings. The molecule has 0 unspecified atom stereocenters. The molecule has 0 heterocycles. The van der Waals surface area contributed by atoms with Gasteiger partial charge in [0.1, 0.15) is 0 Å². The quantitative estimate of drug-likeness (QED) is 0.768. The van der Waals surface area contributed by atoms with E-state index in [-0.39, 0.29) is 11.4 Å². The van der Waals surface area contributed by atoms with E-state index >= 15 is 0 Å². The summed E-state index contributed by atoms with van der Waals surface area (Å²) in [5.41, 5.74) is 5.49. The standard InChI is InChI=1S/C14H28N2O/c1-14(2,11-15)16(3)13(17)10-12-8-6-4-5-7-9-12/h12H,4-11,15H2,1-3H3. The smallest absolute Gasteiger partial charge is 0.223 e. The third-order valence-corrected chi connectivity index (χ3v) is 4.22. The summed E-state index contributed by atoms with van der Waals surface area (Å²) in [5, 5.41) is 0. The maximum Gasteiger partial charge on any atom is 0.223 e. The molecule has 0 saturated heterocycles. The predicted octanol–water partition coefficient (Wildman–Crippen LogP) is 2.54. The van der Waals surface area contributed by atoms with Crippen molar-refractivity contribution in [1.29, 1.82) is 0 Å². The van der Waals surface area contributed by atoms with E-state index in [4.69, 9.17) is 5.73 Å². The molecular formula is C14H28N2O. The molecule has 2 N–H and O–H groups in total. The summed E-state index contributed by atoms with van der Waals surface area (Å²) in [6.07, 6.45) is 8.43. The van der Waals surface area contributed by atoms with Gasteiger partial charge in [0.2, 0.25) is 5.91 Å². The first-order chi connectivity index (χ1) is 7.97. The van der Waals surface area contributed by atoms with Gasteiger partial charge in [0.25, 0.3) is 0 Å². The Morgan fingerprint density at radius 3 is 2.24 bits per heavy atom. The largest absolute Gasteiger partial charge is 0.339 e. The normalized spacial score (nSPS) is 18.8. The number of hydrogen-bond acceptors (Lipinski definition) is 2. The lowest BCUT2D eigenvalue weighted by molar-refractivity contribution is -0.135. The van der Waals surface area contributed by atoms with Crippen molar-refractivity contribution < 1.29 is 4.79 Å². The number of carbonyl (C=O) groups excluding carboxylic acids is 1. The molecular weight excluding hydrogens is 212 g/mol. The molecule has 0 bridgehead atoms. The van der Waals surface area contributed by atoms with E-state index < -0.39 is 0 Å². The topological polar surface area (TPSA) is 46.3 Å². The van der Waals surface area contributed by atoms with Gasteiger partial charge in [-0.05, 0) is 32.6 Å². The van der Waals surface area contributed by atoms with Crippen molar-refractivity contribution in [3.8, 4) is 0 Å². The maximum atomic E-state index is 12.2. The summed E-state index contributed by atoms with van der Waals surface area (Å²) in [4.78, 5) is 14.0. The van der Waals surface area contributed by atoms with Crippen LogP contribution >= 0.6 is 0 Å². The fourth-order valence-corrected chi connectivity index (χ4v) is 2.43. The van der Waals surface area contributed by atoms with Crippen LogP contribution in [0.5, 0.6) is 0 Å². The minimum absolute atomic E-state index is 0.220. The molecule has 1 rings (SSSR count). The van der Waals surface area contributed by atoms with Crippen LogP contribution in [0.4, 0.5) is 0 Å². The van der Waals surface area contributed by atoms with E-state index in [1.54, 1.807) is 0 Å². The lowest BCUT2D eigenvalue weighted by Crippen LogP contribution is -2.50. The van der Waals surface area contributed by atoms with Crippen molar-refractivity contribution >= 4 is 5.91 Å². The number of rotatable bonds is 4. The van der Waals surface area contributed by atoms with Gasteiger partial charge in [-0.2, -0.15) is 0 Å². The Kier molecular flexibility index (Phi) is 5.44. The molecule has 100 valence electrons. The van der Waals surface area contributed by atoms with Crippen LogP contribution < -0.4 is 5.73 Å². The molecule has 0 spiro atoms. The lowest BCUT2D eigenvalue weighted by Gasteiger charge is -2.35. The summed E-state index contributed by atoms with van der Waals surface area (Å²) in [5.74, 6) is 0.855. The first-order valence-electron chi connectivity index (χ1n) is 6.94. The average molecular weight is 240 g/mol. The Balaban J connectivity index is 2.47. The van der Waals surface area contributed by atoms with Crippen LogP contribution in [0.25, 0.3) is 0 Å². The van der Waals surface area contributed by atoms with Crippen LogP contribution in [0.1, 0.15) is 58.8 Å². The molecule has 0 radical (unpaired) electrons. The molecule has 3 nitrogen and oxygen atoms in total. The molecule has 3 heteroatoms. The van der Waals surface area contributed by atoms with E-state index in [2.05, 4.69) is 0 Å². The van der Waals surface area contributed by atoms with Crippen LogP contribution in [0, 0.1) is 5.92 Å². The molecule has 0 aromatic heterocycles. The van der Waals surface area contributed by atoms with Crippen molar-refractivity contribution in [1.82, 2.24) is 4.90 Å². The molecule has 0 aromatic carbocycles. The first kappa shape index (κ1) is 14.5. The fraction of sp³-hybridized carbons (Fsp3) is 0.929. The van der Waals surface area contributed by atoms with Crippen molar-refractivity contribution in [2.45, 2.75) is 64.3 Å². The van der Waals surface area contributed by atoms with Gasteiger partial charge in [-0.15, -0.1) is 0 Å². The zero-order valence-corrected chi connectivity index (χ0v) is 11.7. The predicted molar refractivity (Wildman–Crippen MR) is 71.7 cm³/mol. The minimum Gasteiger partial charge on any atom is -0.339 e. The highest BCUT2D eigenvalue weighted by molar-refractivity contribution is 5.77. The minimum atomic E-state index is -0.220. The lowest BCUT2D eigenvalue weighted by atomic mass is 9.94. The second-order valence-electron chi connectivity index (χ2n) is 6.03. The van der Waals surface area contributed by atoms with Crippen molar-refractivity contribution in [2.24, 2.45) is 11.7 Å². The van der Waals surface area contributed by atoms with Crippen LogP contribution in [0.3, 0.4) is 0 Å². The van der Waals surface area contributed by atoms with Crippen LogP contribution in [0.15, 0.2) is 0 Å². The van der Waals surface area contributed by atoms with Crippen molar-refractivity contribution in [3.05, 3.63) is 0 Å². The van der Waals surface area contributed by atoms with Crippen LogP contribution in [0.2, 0.25) is 0 Å². The van der Waals surface area contributed by atoms with E-state index in [0.717, 1.165) is 0 Å². The highest BCUT2D eigenvalue weighted by Gasteiger charge is 2.27. The number of nitrogens with two attached hydrogens (primary N) is 1. The SMILES string of the molecule is CN(C(=O)CC1CCCCCC1)C(C)(C)CN. The number of carbonyl (C=O) groups is 1. The Bertz CT molecular complexity index is 243. The fourth-order valence-electron chi connectivity index (χ4n) is 2.43. The maximum absolute atomic E-state index is 12.2. The Morgan fingerprint density at radius 2 is 1.76 bits per heavy atom. The summed E-state index contributed by atoms with van der Waals surface area (Å²) in [7, 11) is 1.88. The van der Waals surface area contributed by atoms with Crippen molar-refractivity contribution in [2.75, 3.05) is 13.6 Å². The Morgan fingerprint density at radius 1 is 1.24 bits per heavy atom. The number of likely N-dealkylation sites (N-methyl/N-ethyl adjacent to an activating group) is 1. The molecule has 17 heavy (non-hydrogen) atoms. The number of amides is 1. The zero-order chi connectivity index (χ0) is 12.9. The van der Waals surface area contributed by atoms with E-state index in [9.17, 15) is 4.79 Å². The highest BCUT2D eigenvalue weighted by atomic mass is 16.2. The molecule has 1 saturated carbocycles. The molecule has 1 aliphatic carbocycles. The third kappa shape index (κ3) is 4.30. The molecule has 1 amide bonds. The van der Waals surface area contributed by atoms with E-state index in [0.29, 0.717) is 18.9 Å². The average Bonchev–Trinajstić information content (AvgIpc) is 2.56. The van der Waals surface area contributed by atoms with Gasteiger partial charge in [0.15, 0.2) is 0 Å². The second kappa shape index (κ2) is 6.39. The highest BCUT2D eigenvalue weighted by Crippen LogP contribution is 2.26. The van der Waals surface area contributed by atoms with Crippen LogP contribution in [-0.4, -0.2) is 29.9 Å². The molecule has 1 fully saturated rings. The summed E-state index contributed by atoms with van der Waals surface area (Å²) >= 11 is 0. The molecule has 0 atom stereocenters. The summed E-state index contributed by atoms with van der Waals surface area (Å²) in [6, 6.07) is 0. The number of hydrogen-bond donors (Lipinski definition) is 1. The molecule has 0 aromatic rings.